The molecule has 4 heteroatoms. The van der Waals surface area contributed by atoms with Crippen LogP contribution in [0.1, 0.15) is 0 Å². The second kappa shape index (κ2) is 9.46. The monoisotopic (exact) mass is 120 g/mol. The molecule has 0 atom stereocenters. The fourth-order valence-corrected chi connectivity index (χ4v) is 0.0408. The number of hydrogen-bond acceptors (Lipinski definition) is 3. The normalized spacial score (nSPS) is 7.00. The maximum absolute atomic E-state index is 7.78. The third kappa shape index (κ3) is 8.94. The van der Waals surface area contributed by atoms with Gasteiger partial charge in [-0.2, -0.15) is 0 Å². The molecule has 0 bridgehead atoms. The van der Waals surface area contributed by atoms with E-state index in [-0.39, 0.29) is 51.0 Å². The Hall–Kier alpha value is 1.14. The van der Waals surface area contributed by atoms with E-state index < -0.39 is 0 Å². The van der Waals surface area contributed by atoms with Crippen LogP contribution in [0.15, 0.2) is 0 Å². The van der Waals surface area contributed by atoms with Gasteiger partial charge in [0.2, 0.25) is 0 Å². The summed E-state index contributed by atoms with van der Waals surface area (Å²) in [5.74, 6) is 0. The van der Waals surface area contributed by atoms with E-state index in [9.17, 15) is 0 Å². The first-order valence-electron chi connectivity index (χ1n) is 1.29. The molecule has 0 rings (SSSR count). The fraction of sp³-hybridized carbons (Fsp3) is 1.00. The molecule has 6 heavy (non-hydrogen) atoms. The Labute approximate surface area is 65.9 Å². The van der Waals surface area contributed by atoms with Crippen molar-refractivity contribution in [2.24, 2.45) is 0 Å². The Kier molecular flexibility index (Phi) is 16.1. The summed E-state index contributed by atoms with van der Waals surface area (Å²) in [6.45, 7) is -0.128. The number of aliphatic hydroxyl groups is 1. The van der Waals surface area contributed by atoms with Crippen LogP contribution < -0.4 is 0 Å². The summed E-state index contributed by atoms with van der Waals surface area (Å²) in [6, 6.07) is 0. The van der Waals surface area contributed by atoms with Crippen LogP contribution in [0, 0.1) is 0 Å². The van der Waals surface area contributed by atoms with Crippen molar-refractivity contribution in [3.63, 3.8) is 0 Å². The second-order valence-electron chi connectivity index (χ2n) is 0.557. The van der Waals surface area contributed by atoms with Crippen molar-refractivity contribution >= 4 is 37.7 Å². The summed E-state index contributed by atoms with van der Waals surface area (Å²) in [5.41, 5.74) is 0. The number of rotatable bonds is 2. The van der Waals surface area contributed by atoms with Crippen LogP contribution in [-0.4, -0.2) is 61.3 Å². The first-order valence-corrected chi connectivity index (χ1v) is 1.29. The van der Waals surface area contributed by atoms with Crippen molar-refractivity contribution in [3.8, 4) is 0 Å². The molecule has 0 aromatic rings. The van der Waals surface area contributed by atoms with Crippen LogP contribution in [0.2, 0.25) is 0 Å². The van der Waals surface area contributed by atoms with Crippen LogP contribution in [0.3, 0.4) is 0 Å². The molecule has 0 aromatic heterocycles. The van der Waals surface area contributed by atoms with E-state index in [0.29, 0.717) is 0 Å². The maximum atomic E-state index is 7.78. The van der Waals surface area contributed by atoms with Crippen molar-refractivity contribution < 1.29 is 15.3 Å². The SMILES string of the molecule is OCCOO.[CaH2]. The summed E-state index contributed by atoms with van der Waals surface area (Å²) in [6.07, 6.45) is 0. The summed E-state index contributed by atoms with van der Waals surface area (Å²) in [4.78, 5) is 3.44. The van der Waals surface area contributed by atoms with Crippen molar-refractivity contribution in [1.29, 1.82) is 0 Å². The Morgan fingerprint density at radius 1 is 1.50 bits per heavy atom. The Balaban J connectivity index is 0. The Morgan fingerprint density at radius 2 is 2.00 bits per heavy atom. The van der Waals surface area contributed by atoms with Gasteiger partial charge in [0.25, 0.3) is 0 Å². The van der Waals surface area contributed by atoms with Crippen LogP contribution in [0.25, 0.3) is 0 Å². The molecule has 0 saturated carbocycles. The van der Waals surface area contributed by atoms with Gasteiger partial charge in [-0.1, -0.05) is 0 Å². The van der Waals surface area contributed by atoms with Crippen LogP contribution >= 0.6 is 0 Å². The third-order valence-corrected chi connectivity index (χ3v) is 0.183. The van der Waals surface area contributed by atoms with Crippen molar-refractivity contribution in [1.82, 2.24) is 0 Å². The van der Waals surface area contributed by atoms with Crippen LogP contribution in [0.4, 0.5) is 0 Å². The molecule has 0 aliphatic carbocycles. The summed E-state index contributed by atoms with van der Waals surface area (Å²) in [5, 5.41) is 15.2. The predicted octanol–water partition coefficient (Wildman–Crippen LogP) is -1.45. The zero-order chi connectivity index (χ0) is 4.12. The molecule has 3 nitrogen and oxygen atoms in total. The van der Waals surface area contributed by atoms with E-state index >= 15 is 0 Å². The van der Waals surface area contributed by atoms with E-state index in [1.54, 1.807) is 0 Å². The summed E-state index contributed by atoms with van der Waals surface area (Å²) in [7, 11) is 0. The predicted molar refractivity (Wildman–Crippen MR) is 24.2 cm³/mol. The molecule has 0 amide bonds. The van der Waals surface area contributed by atoms with Crippen molar-refractivity contribution in [3.05, 3.63) is 0 Å². The minimum atomic E-state index is -0.128. The molecular weight excluding hydrogens is 112 g/mol. The Bertz CT molecular complexity index is 16.3. The molecule has 0 aliphatic heterocycles. The standard InChI is InChI=1S/C2H6O3.Ca.2H/c3-1-2-5-4;;;/h3-4H,1-2H2;;;. The van der Waals surface area contributed by atoms with Gasteiger partial charge in [0.15, 0.2) is 0 Å². The van der Waals surface area contributed by atoms with Gasteiger partial charge in [-0.15, -0.1) is 0 Å². The van der Waals surface area contributed by atoms with Gasteiger partial charge < -0.3 is 5.11 Å². The first-order chi connectivity index (χ1) is 2.41. The van der Waals surface area contributed by atoms with Crippen LogP contribution in [0.5, 0.6) is 0 Å². The average molecular weight is 120 g/mol. The summed E-state index contributed by atoms with van der Waals surface area (Å²) < 4.78 is 0. The van der Waals surface area contributed by atoms with Crippen molar-refractivity contribution in [2.45, 2.75) is 0 Å². The molecule has 36 valence electrons. The van der Waals surface area contributed by atoms with Gasteiger partial charge in [-0.3, -0.25) is 5.26 Å². The van der Waals surface area contributed by atoms with E-state index in [0.717, 1.165) is 0 Å². The molecule has 0 radical (unpaired) electrons. The molecule has 2 N–H and O–H groups in total. The third-order valence-electron chi connectivity index (χ3n) is 0.183. The zero-order valence-corrected chi connectivity index (χ0v) is 2.72. The van der Waals surface area contributed by atoms with Gasteiger partial charge in [-0.25, -0.2) is 4.89 Å². The molecule has 0 saturated heterocycles. The van der Waals surface area contributed by atoms with Gasteiger partial charge >= 0.3 is 37.7 Å². The second-order valence-corrected chi connectivity index (χ2v) is 0.557. The molecule has 0 heterocycles. The van der Waals surface area contributed by atoms with Crippen LogP contribution in [-0.2, 0) is 4.89 Å². The van der Waals surface area contributed by atoms with E-state index in [4.69, 9.17) is 10.4 Å². The summed E-state index contributed by atoms with van der Waals surface area (Å²) >= 11 is 0. The van der Waals surface area contributed by atoms with Gasteiger partial charge in [0, 0.05) is 0 Å². The number of hydrogen-bond donors (Lipinski definition) is 2. The quantitative estimate of drug-likeness (QED) is 0.266. The average Bonchev–Trinajstić information content (AvgIpc) is 1.41. The molecule has 0 unspecified atom stereocenters. The molecule has 0 aliphatic rings. The molecule has 0 fully saturated rings. The van der Waals surface area contributed by atoms with Gasteiger partial charge in [0.05, 0.1) is 6.61 Å². The molecule has 0 spiro atoms. The van der Waals surface area contributed by atoms with Crippen molar-refractivity contribution in [2.75, 3.05) is 13.2 Å². The Morgan fingerprint density at radius 3 is 2.00 bits per heavy atom. The molecular formula is C2H8CaO3. The molecule has 0 aromatic carbocycles. The van der Waals surface area contributed by atoms with Gasteiger partial charge in [-0.05, 0) is 0 Å². The van der Waals surface area contributed by atoms with Gasteiger partial charge in [0.1, 0.15) is 6.61 Å². The fourth-order valence-electron chi connectivity index (χ4n) is 0.0408. The topological polar surface area (TPSA) is 49.7 Å². The number of aliphatic hydroxyl groups excluding tert-OH is 1. The van der Waals surface area contributed by atoms with E-state index in [2.05, 4.69) is 4.89 Å². The van der Waals surface area contributed by atoms with E-state index in [1.165, 1.54) is 0 Å². The zero-order valence-electron chi connectivity index (χ0n) is 2.72. The van der Waals surface area contributed by atoms with E-state index in [1.807, 2.05) is 0 Å². The minimum absolute atomic E-state index is 0. The first kappa shape index (κ1) is 10.2.